The van der Waals surface area contributed by atoms with E-state index < -0.39 is 47.4 Å². The van der Waals surface area contributed by atoms with Crippen LogP contribution in [0.3, 0.4) is 0 Å². The Morgan fingerprint density at radius 2 is 1.51 bits per heavy atom. The first-order valence-corrected chi connectivity index (χ1v) is 13.5. The van der Waals surface area contributed by atoms with Crippen LogP contribution >= 0.6 is 0 Å². The Balaban J connectivity index is 1.37. The van der Waals surface area contributed by atoms with E-state index in [1.54, 1.807) is 0 Å². The minimum atomic E-state index is -5.10. The van der Waals surface area contributed by atoms with E-state index >= 15 is 0 Å². The first kappa shape index (κ1) is 29.6. The quantitative estimate of drug-likeness (QED) is 0.237. The molecular weight excluding hydrogens is 525 g/mol. The lowest BCUT2D eigenvalue weighted by molar-refractivity contribution is -0.214. The molecule has 2 fully saturated rings. The number of ether oxygens (including phenoxy) is 2. The molecule has 1 saturated heterocycles. The molecule has 2 aromatic carbocycles. The fraction of sp³-hybridized carbons (Fsp3) is 0.533. The van der Waals surface area contributed by atoms with Crippen molar-refractivity contribution in [1.29, 1.82) is 0 Å². The lowest BCUT2D eigenvalue weighted by atomic mass is 9.74. The van der Waals surface area contributed by atoms with E-state index in [0.717, 1.165) is 24.8 Å². The first-order valence-electron chi connectivity index (χ1n) is 13.5. The third-order valence-corrected chi connectivity index (χ3v) is 7.84. The molecule has 2 aliphatic rings. The van der Waals surface area contributed by atoms with Crippen molar-refractivity contribution in [3.63, 3.8) is 0 Å². The number of hydrogen-bond donors (Lipinski definition) is 0. The molecule has 4 rings (SSSR count). The zero-order chi connectivity index (χ0) is 28.2. The van der Waals surface area contributed by atoms with Crippen LogP contribution in [0.1, 0.15) is 75.7 Å². The molecule has 39 heavy (non-hydrogen) atoms. The lowest BCUT2D eigenvalue weighted by Crippen LogP contribution is -2.34. The standard InChI is InChI=1S/C30H33F7O2/c1-2-3-4-5-18-6-8-19(9-7-18)22-16-38-29(39-17-22)20-10-11-23(24(31)12-20)21-13-25(32)28(26(33)14-21)27(34)15-30(35,36)37/h10-15,18-19,22,29H,2-9,16-17H2,1H3/b27-15-. The predicted octanol–water partition coefficient (Wildman–Crippen LogP) is 9.69. The van der Waals surface area contributed by atoms with Crippen LogP contribution in [-0.4, -0.2) is 19.4 Å². The molecule has 0 amide bonds. The van der Waals surface area contributed by atoms with Gasteiger partial charge in [0.05, 0.1) is 24.9 Å². The number of hydrogen-bond acceptors (Lipinski definition) is 2. The summed E-state index contributed by atoms with van der Waals surface area (Å²) in [5, 5.41) is 0. The van der Waals surface area contributed by atoms with Crippen LogP contribution in [-0.2, 0) is 9.47 Å². The van der Waals surface area contributed by atoms with E-state index in [9.17, 15) is 30.7 Å². The zero-order valence-electron chi connectivity index (χ0n) is 21.8. The van der Waals surface area contributed by atoms with Gasteiger partial charge in [-0.25, -0.2) is 17.6 Å². The Bertz CT molecular complexity index is 1120. The molecule has 0 spiro atoms. The summed E-state index contributed by atoms with van der Waals surface area (Å²) in [5.41, 5.74) is -1.55. The number of allylic oxidation sites excluding steroid dienone is 1. The van der Waals surface area contributed by atoms with Gasteiger partial charge < -0.3 is 9.47 Å². The Morgan fingerprint density at radius 3 is 2.08 bits per heavy atom. The van der Waals surface area contributed by atoms with Gasteiger partial charge in [0.15, 0.2) is 6.29 Å². The van der Waals surface area contributed by atoms with Crippen LogP contribution in [0.2, 0.25) is 0 Å². The van der Waals surface area contributed by atoms with Gasteiger partial charge in [-0.1, -0.05) is 57.6 Å². The topological polar surface area (TPSA) is 18.5 Å². The smallest absolute Gasteiger partial charge is 0.348 e. The van der Waals surface area contributed by atoms with Gasteiger partial charge in [0.1, 0.15) is 23.3 Å². The molecule has 0 bridgehead atoms. The third-order valence-electron chi connectivity index (χ3n) is 7.84. The number of unbranched alkanes of at least 4 members (excludes halogenated alkanes) is 2. The summed E-state index contributed by atoms with van der Waals surface area (Å²) < 4.78 is 106. The van der Waals surface area contributed by atoms with Crippen LogP contribution in [0.4, 0.5) is 30.7 Å². The van der Waals surface area contributed by atoms with Gasteiger partial charge in [0.25, 0.3) is 0 Å². The number of rotatable bonds is 8. The Hall–Kier alpha value is -2.39. The van der Waals surface area contributed by atoms with Crippen molar-refractivity contribution in [2.45, 2.75) is 70.8 Å². The van der Waals surface area contributed by atoms with Crippen LogP contribution in [0.5, 0.6) is 0 Å². The Labute approximate surface area is 224 Å². The van der Waals surface area contributed by atoms with Gasteiger partial charge >= 0.3 is 6.18 Å². The van der Waals surface area contributed by atoms with Crippen molar-refractivity contribution >= 4 is 5.83 Å². The summed E-state index contributed by atoms with van der Waals surface area (Å²) in [6.45, 7) is 3.20. The molecule has 0 radical (unpaired) electrons. The normalized spacial score (nSPS) is 24.7. The lowest BCUT2D eigenvalue weighted by Gasteiger charge is -2.38. The summed E-state index contributed by atoms with van der Waals surface area (Å²) in [7, 11) is 0. The maximum Gasteiger partial charge on any atom is 0.412 e. The Morgan fingerprint density at radius 1 is 0.872 bits per heavy atom. The second-order valence-electron chi connectivity index (χ2n) is 10.6. The minimum absolute atomic E-state index is 0.201. The van der Waals surface area contributed by atoms with Crippen molar-refractivity contribution in [3.8, 4) is 11.1 Å². The fourth-order valence-electron chi connectivity index (χ4n) is 5.70. The van der Waals surface area contributed by atoms with Gasteiger partial charge in [0, 0.05) is 17.0 Å². The number of alkyl halides is 3. The molecule has 214 valence electrons. The van der Waals surface area contributed by atoms with Gasteiger partial charge in [0.2, 0.25) is 0 Å². The molecule has 1 saturated carbocycles. The van der Waals surface area contributed by atoms with Crippen molar-refractivity contribution < 1.29 is 40.2 Å². The molecule has 1 aliphatic carbocycles. The van der Waals surface area contributed by atoms with E-state index in [1.807, 2.05) is 0 Å². The van der Waals surface area contributed by atoms with Crippen molar-refractivity contribution in [3.05, 3.63) is 65.0 Å². The average molecular weight is 559 g/mol. The SMILES string of the molecule is CCCCCC1CCC(C2COC(c3ccc(-c4cc(F)c(/C(F)=C/C(F)(F)F)c(F)c4)c(F)c3)OC2)CC1. The molecule has 1 heterocycles. The second kappa shape index (κ2) is 12.9. The fourth-order valence-corrected chi connectivity index (χ4v) is 5.70. The average Bonchev–Trinajstić information content (AvgIpc) is 2.88. The highest BCUT2D eigenvalue weighted by atomic mass is 19.4. The largest absolute Gasteiger partial charge is 0.412 e. The van der Waals surface area contributed by atoms with Crippen LogP contribution in [0.25, 0.3) is 17.0 Å². The molecule has 0 N–H and O–H groups in total. The van der Waals surface area contributed by atoms with Gasteiger partial charge in [-0.3, -0.25) is 0 Å². The van der Waals surface area contributed by atoms with E-state index in [-0.39, 0.29) is 17.0 Å². The van der Waals surface area contributed by atoms with E-state index in [1.165, 1.54) is 50.7 Å². The van der Waals surface area contributed by atoms with Crippen LogP contribution < -0.4 is 0 Å². The van der Waals surface area contributed by atoms with Crippen molar-refractivity contribution in [1.82, 2.24) is 0 Å². The van der Waals surface area contributed by atoms with Gasteiger partial charge in [-0.05, 0) is 48.4 Å². The zero-order valence-corrected chi connectivity index (χ0v) is 21.8. The molecule has 0 unspecified atom stereocenters. The van der Waals surface area contributed by atoms with E-state index in [0.29, 0.717) is 36.8 Å². The highest BCUT2D eigenvalue weighted by molar-refractivity contribution is 5.69. The van der Waals surface area contributed by atoms with Gasteiger partial charge in [-0.2, -0.15) is 13.2 Å². The highest BCUT2D eigenvalue weighted by Gasteiger charge is 2.33. The van der Waals surface area contributed by atoms with Crippen LogP contribution in [0, 0.1) is 35.2 Å². The predicted molar refractivity (Wildman–Crippen MR) is 135 cm³/mol. The summed E-state index contributed by atoms with van der Waals surface area (Å²) in [4.78, 5) is 0. The van der Waals surface area contributed by atoms with Crippen LogP contribution in [0.15, 0.2) is 36.4 Å². The van der Waals surface area contributed by atoms with Crippen molar-refractivity contribution in [2.75, 3.05) is 13.2 Å². The van der Waals surface area contributed by atoms with Gasteiger partial charge in [-0.15, -0.1) is 0 Å². The molecule has 9 heteroatoms. The molecule has 1 aliphatic heterocycles. The summed E-state index contributed by atoms with van der Waals surface area (Å²) in [6.07, 6.45) is 3.18. The minimum Gasteiger partial charge on any atom is -0.348 e. The number of benzene rings is 2. The molecular formula is C30H33F7O2. The molecule has 2 nitrogen and oxygen atoms in total. The maximum absolute atomic E-state index is 15.0. The molecule has 0 atom stereocenters. The van der Waals surface area contributed by atoms with Crippen molar-refractivity contribution in [2.24, 2.45) is 17.8 Å². The molecule has 0 aromatic heterocycles. The van der Waals surface area contributed by atoms with E-state index in [4.69, 9.17) is 9.47 Å². The summed E-state index contributed by atoms with van der Waals surface area (Å²) >= 11 is 0. The van der Waals surface area contributed by atoms with E-state index in [2.05, 4.69) is 6.92 Å². The second-order valence-corrected chi connectivity index (χ2v) is 10.6. The Kier molecular flexibility index (Phi) is 9.75. The first-order chi connectivity index (χ1) is 18.6. The molecule has 2 aromatic rings. The summed E-state index contributed by atoms with van der Waals surface area (Å²) in [6, 6.07) is 5.10. The highest BCUT2D eigenvalue weighted by Crippen LogP contribution is 2.39. The third kappa shape index (κ3) is 7.63. The summed E-state index contributed by atoms with van der Waals surface area (Å²) in [5.74, 6) is -4.47. The monoisotopic (exact) mass is 558 g/mol. The maximum atomic E-state index is 15.0. The number of halogens is 7.